The van der Waals surface area contributed by atoms with E-state index >= 15 is 0 Å². The minimum atomic E-state index is -0.696. The summed E-state index contributed by atoms with van der Waals surface area (Å²) in [5, 5.41) is 2.06. The molecule has 2 N–H and O–H groups in total. The lowest BCUT2D eigenvalue weighted by molar-refractivity contribution is -0.140. The summed E-state index contributed by atoms with van der Waals surface area (Å²) in [6, 6.07) is 12.3. The van der Waals surface area contributed by atoms with Crippen LogP contribution in [-0.2, 0) is 16.0 Å². The van der Waals surface area contributed by atoms with Gasteiger partial charge in [-0.1, -0.05) is 44.2 Å². The molecule has 0 unspecified atom stereocenters. The Morgan fingerprint density at radius 1 is 1.22 bits per heavy atom. The predicted molar refractivity (Wildman–Crippen MR) is 110 cm³/mol. The van der Waals surface area contributed by atoms with Crippen LogP contribution in [0, 0.1) is 11.3 Å². The summed E-state index contributed by atoms with van der Waals surface area (Å²) < 4.78 is 0. The van der Waals surface area contributed by atoms with Crippen LogP contribution in [0.2, 0.25) is 0 Å². The third kappa shape index (κ3) is 4.41. The smallest absolute Gasteiger partial charge is 0.225 e. The highest BCUT2D eigenvalue weighted by Gasteiger charge is 2.42. The topological polar surface area (TPSA) is 63.4 Å². The minimum Gasteiger partial charge on any atom is -0.369 e. The van der Waals surface area contributed by atoms with Gasteiger partial charge in [-0.3, -0.25) is 9.59 Å². The molecule has 0 bridgehead atoms. The number of likely N-dealkylation sites (tertiary alicyclic amines) is 1. The molecule has 1 fully saturated rings. The second-order valence-corrected chi connectivity index (χ2v) is 8.92. The van der Waals surface area contributed by atoms with Crippen molar-refractivity contribution in [2.45, 2.75) is 39.5 Å². The Kier molecular flexibility index (Phi) is 6.00. The molecule has 0 radical (unpaired) electrons. The molecule has 2 amide bonds. The van der Waals surface area contributed by atoms with Crippen LogP contribution < -0.4 is 5.73 Å². The van der Waals surface area contributed by atoms with Crippen molar-refractivity contribution in [2.24, 2.45) is 17.1 Å². The molecule has 0 spiro atoms. The number of nitrogens with two attached hydrogens (primary N) is 1. The number of carbonyl (C=O) groups excluding carboxylic acids is 2. The fourth-order valence-corrected chi connectivity index (χ4v) is 4.75. The standard InChI is InChI=1S/C22H28N2O2S/c1-16(2)13-20(25)24-11-6-10-22(15-24,21(23)26)14-17-7-3-4-8-18(17)19-9-5-12-27-19/h3-5,7-9,12,16H,6,10-11,13-15H2,1-2H3,(H2,23,26)/t22-/m0/s1. The Hall–Kier alpha value is -2.14. The van der Waals surface area contributed by atoms with Crippen molar-refractivity contribution in [3.05, 3.63) is 47.3 Å². The van der Waals surface area contributed by atoms with E-state index in [1.165, 1.54) is 4.88 Å². The van der Waals surface area contributed by atoms with Gasteiger partial charge in [0.2, 0.25) is 11.8 Å². The molecule has 1 aliphatic rings. The van der Waals surface area contributed by atoms with Crippen LogP contribution in [0.4, 0.5) is 0 Å². The maximum atomic E-state index is 12.6. The zero-order chi connectivity index (χ0) is 19.4. The predicted octanol–water partition coefficient (Wildman–Crippen LogP) is 4.10. The molecular weight excluding hydrogens is 356 g/mol. The van der Waals surface area contributed by atoms with Crippen LogP contribution in [0.3, 0.4) is 0 Å². The summed E-state index contributed by atoms with van der Waals surface area (Å²) in [5.74, 6) is 0.134. The normalized spacial score (nSPS) is 20.0. The second-order valence-electron chi connectivity index (χ2n) is 7.97. The number of amides is 2. The first-order chi connectivity index (χ1) is 12.9. The van der Waals surface area contributed by atoms with E-state index in [0.717, 1.165) is 24.0 Å². The molecule has 4 nitrogen and oxygen atoms in total. The Bertz CT molecular complexity index is 800. The van der Waals surface area contributed by atoms with Crippen molar-refractivity contribution in [2.75, 3.05) is 13.1 Å². The van der Waals surface area contributed by atoms with Gasteiger partial charge >= 0.3 is 0 Å². The lowest BCUT2D eigenvalue weighted by Gasteiger charge is -2.41. The van der Waals surface area contributed by atoms with Crippen LogP contribution in [0.15, 0.2) is 41.8 Å². The van der Waals surface area contributed by atoms with Crippen molar-refractivity contribution in [1.82, 2.24) is 4.90 Å². The Labute approximate surface area is 165 Å². The fraction of sp³-hybridized carbons (Fsp3) is 0.455. The quantitative estimate of drug-likeness (QED) is 0.815. The summed E-state index contributed by atoms with van der Waals surface area (Å²) in [6.07, 6.45) is 2.63. The lowest BCUT2D eigenvalue weighted by Crippen LogP contribution is -2.53. The first kappa shape index (κ1) is 19.6. The molecular formula is C22H28N2O2S. The molecule has 1 aromatic heterocycles. The fourth-order valence-electron chi connectivity index (χ4n) is 3.97. The van der Waals surface area contributed by atoms with Crippen molar-refractivity contribution >= 4 is 23.2 Å². The second kappa shape index (κ2) is 8.26. The van der Waals surface area contributed by atoms with Crippen LogP contribution >= 0.6 is 11.3 Å². The van der Waals surface area contributed by atoms with Gasteiger partial charge < -0.3 is 10.6 Å². The maximum absolute atomic E-state index is 12.6. The van der Waals surface area contributed by atoms with E-state index in [1.54, 1.807) is 11.3 Å². The number of carbonyl (C=O) groups is 2. The maximum Gasteiger partial charge on any atom is 0.225 e. The van der Waals surface area contributed by atoms with E-state index in [9.17, 15) is 9.59 Å². The molecule has 2 aromatic rings. The molecule has 0 aliphatic carbocycles. The number of rotatable bonds is 6. The van der Waals surface area contributed by atoms with E-state index in [0.29, 0.717) is 31.8 Å². The van der Waals surface area contributed by atoms with Gasteiger partial charge in [-0.2, -0.15) is 0 Å². The molecule has 27 heavy (non-hydrogen) atoms. The van der Waals surface area contributed by atoms with Gasteiger partial charge in [-0.05, 0) is 47.8 Å². The average molecular weight is 385 g/mol. The lowest BCUT2D eigenvalue weighted by atomic mass is 9.73. The molecule has 1 atom stereocenters. The summed E-state index contributed by atoms with van der Waals surface area (Å²) in [4.78, 5) is 28.2. The molecule has 3 rings (SSSR count). The number of hydrogen-bond donors (Lipinski definition) is 1. The van der Waals surface area contributed by atoms with Gasteiger partial charge in [0.15, 0.2) is 0 Å². The van der Waals surface area contributed by atoms with Gasteiger partial charge in [0.05, 0.1) is 5.41 Å². The summed E-state index contributed by atoms with van der Waals surface area (Å²) >= 11 is 1.69. The largest absolute Gasteiger partial charge is 0.369 e. The zero-order valence-electron chi connectivity index (χ0n) is 16.1. The Balaban J connectivity index is 1.88. The highest BCUT2D eigenvalue weighted by Crippen LogP contribution is 2.38. The van der Waals surface area contributed by atoms with Crippen molar-refractivity contribution < 1.29 is 9.59 Å². The molecule has 1 aromatic carbocycles. The SMILES string of the molecule is CC(C)CC(=O)N1CCC[C@@](Cc2ccccc2-c2cccs2)(C(N)=O)C1. The van der Waals surface area contributed by atoms with Gasteiger partial charge in [0.25, 0.3) is 0 Å². The van der Waals surface area contributed by atoms with Crippen LogP contribution in [0.25, 0.3) is 10.4 Å². The molecule has 1 saturated heterocycles. The number of benzene rings is 1. The first-order valence-corrected chi connectivity index (χ1v) is 10.5. The van der Waals surface area contributed by atoms with E-state index in [4.69, 9.17) is 5.73 Å². The summed E-state index contributed by atoms with van der Waals surface area (Å²) in [7, 11) is 0. The number of thiophene rings is 1. The van der Waals surface area contributed by atoms with Crippen LogP contribution in [0.1, 0.15) is 38.7 Å². The highest BCUT2D eigenvalue weighted by atomic mass is 32.1. The molecule has 5 heteroatoms. The summed E-state index contributed by atoms with van der Waals surface area (Å²) in [6.45, 7) is 5.22. The van der Waals surface area contributed by atoms with Crippen LogP contribution in [-0.4, -0.2) is 29.8 Å². The number of nitrogens with zero attached hydrogens (tertiary/aromatic N) is 1. The number of piperidine rings is 1. The van der Waals surface area contributed by atoms with Crippen LogP contribution in [0.5, 0.6) is 0 Å². The van der Waals surface area contributed by atoms with Gasteiger partial charge in [-0.25, -0.2) is 0 Å². The van der Waals surface area contributed by atoms with Gasteiger partial charge in [0.1, 0.15) is 0 Å². The van der Waals surface area contributed by atoms with Gasteiger partial charge in [-0.15, -0.1) is 11.3 Å². The monoisotopic (exact) mass is 384 g/mol. The van der Waals surface area contributed by atoms with E-state index in [2.05, 4.69) is 23.6 Å². The van der Waals surface area contributed by atoms with Gasteiger partial charge in [0, 0.05) is 24.4 Å². The Morgan fingerprint density at radius 2 is 2.00 bits per heavy atom. The van der Waals surface area contributed by atoms with E-state index in [1.807, 2.05) is 36.9 Å². The molecule has 1 aliphatic heterocycles. The zero-order valence-corrected chi connectivity index (χ0v) is 16.9. The third-order valence-corrected chi connectivity index (χ3v) is 6.27. The average Bonchev–Trinajstić information content (AvgIpc) is 3.16. The van der Waals surface area contributed by atoms with E-state index in [-0.39, 0.29) is 11.8 Å². The number of primary amides is 1. The minimum absolute atomic E-state index is 0.127. The molecule has 2 heterocycles. The molecule has 0 saturated carbocycles. The van der Waals surface area contributed by atoms with Crippen molar-refractivity contribution in [1.29, 1.82) is 0 Å². The first-order valence-electron chi connectivity index (χ1n) is 9.61. The van der Waals surface area contributed by atoms with Crippen molar-refractivity contribution in [3.63, 3.8) is 0 Å². The highest BCUT2D eigenvalue weighted by molar-refractivity contribution is 7.13. The number of hydrogen-bond acceptors (Lipinski definition) is 3. The summed E-state index contributed by atoms with van der Waals surface area (Å²) in [5.41, 5.74) is 7.49. The molecule has 144 valence electrons. The third-order valence-electron chi connectivity index (χ3n) is 5.37. The Morgan fingerprint density at radius 3 is 2.67 bits per heavy atom. The van der Waals surface area contributed by atoms with Crippen molar-refractivity contribution in [3.8, 4) is 10.4 Å². The van der Waals surface area contributed by atoms with E-state index < -0.39 is 5.41 Å².